The van der Waals surface area contributed by atoms with Crippen LogP contribution < -0.4 is 10.2 Å². The Bertz CT molecular complexity index is 874. The number of piperazine rings is 1. The topological polar surface area (TPSA) is 74.5 Å². The molecule has 0 radical (unpaired) electrons. The molecule has 4 rings (SSSR count). The molecular weight excluding hydrogens is 342 g/mol. The first kappa shape index (κ1) is 17.2. The lowest BCUT2D eigenvalue weighted by Gasteiger charge is -2.33. The molecule has 0 bridgehead atoms. The summed E-state index contributed by atoms with van der Waals surface area (Å²) in [6, 6.07) is 19.2. The van der Waals surface area contributed by atoms with Crippen molar-refractivity contribution >= 4 is 17.5 Å². The van der Waals surface area contributed by atoms with Gasteiger partial charge in [-0.15, -0.1) is 0 Å². The Morgan fingerprint density at radius 2 is 1.63 bits per heavy atom. The number of amides is 1. The molecule has 1 saturated heterocycles. The number of benzene rings is 2. The summed E-state index contributed by atoms with van der Waals surface area (Å²) in [4.78, 5) is 20.9. The molecule has 1 amide bonds. The van der Waals surface area contributed by atoms with Gasteiger partial charge in [-0.1, -0.05) is 36.4 Å². The molecule has 27 heavy (non-hydrogen) atoms. The molecule has 138 valence electrons. The SMILES string of the molecule is O=C(CN1CCN(c2noc(-c3ccccc3)n2)CC1)Nc1ccccc1. The Morgan fingerprint density at radius 3 is 2.33 bits per heavy atom. The van der Waals surface area contributed by atoms with E-state index in [1.165, 1.54) is 0 Å². The fourth-order valence-corrected chi connectivity index (χ4v) is 3.07. The molecular formula is C20H21N5O2. The largest absolute Gasteiger partial charge is 0.336 e. The van der Waals surface area contributed by atoms with Gasteiger partial charge in [0.05, 0.1) is 6.54 Å². The molecule has 7 heteroatoms. The lowest BCUT2D eigenvalue weighted by Crippen LogP contribution is -2.49. The maximum absolute atomic E-state index is 12.2. The monoisotopic (exact) mass is 363 g/mol. The van der Waals surface area contributed by atoms with Gasteiger partial charge >= 0.3 is 0 Å². The number of carbonyl (C=O) groups is 1. The number of para-hydroxylation sites is 1. The number of aromatic nitrogens is 2. The van der Waals surface area contributed by atoms with E-state index in [1.54, 1.807) is 0 Å². The van der Waals surface area contributed by atoms with Crippen LogP contribution in [0.15, 0.2) is 65.2 Å². The normalized spacial score (nSPS) is 14.9. The molecule has 1 aromatic heterocycles. The van der Waals surface area contributed by atoms with Crippen LogP contribution in [-0.2, 0) is 4.79 Å². The first-order chi connectivity index (χ1) is 13.3. The van der Waals surface area contributed by atoms with E-state index in [1.807, 2.05) is 60.7 Å². The zero-order valence-electron chi connectivity index (χ0n) is 14.9. The van der Waals surface area contributed by atoms with Gasteiger partial charge in [0.15, 0.2) is 0 Å². The molecule has 3 aromatic rings. The minimum Gasteiger partial charge on any atom is -0.336 e. The van der Waals surface area contributed by atoms with Crippen LogP contribution in [0.2, 0.25) is 0 Å². The Hall–Kier alpha value is -3.19. The van der Waals surface area contributed by atoms with Crippen LogP contribution in [-0.4, -0.2) is 53.7 Å². The molecule has 1 aliphatic heterocycles. The highest BCUT2D eigenvalue weighted by Gasteiger charge is 2.22. The standard InChI is InChI=1S/C20H21N5O2/c26-18(21-17-9-5-2-6-10-17)15-24-11-13-25(14-12-24)20-22-19(27-23-20)16-7-3-1-4-8-16/h1-10H,11-15H2,(H,21,26). The number of hydrogen-bond donors (Lipinski definition) is 1. The van der Waals surface area contributed by atoms with Gasteiger partial charge in [-0.3, -0.25) is 9.69 Å². The summed E-state index contributed by atoms with van der Waals surface area (Å²) >= 11 is 0. The van der Waals surface area contributed by atoms with Crippen LogP contribution >= 0.6 is 0 Å². The molecule has 1 aliphatic rings. The van der Waals surface area contributed by atoms with E-state index in [2.05, 4.69) is 25.3 Å². The first-order valence-electron chi connectivity index (χ1n) is 8.99. The van der Waals surface area contributed by atoms with E-state index in [4.69, 9.17) is 4.52 Å². The fraction of sp³-hybridized carbons (Fsp3) is 0.250. The van der Waals surface area contributed by atoms with Crippen LogP contribution in [0.3, 0.4) is 0 Å². The average molecular weight is 363 g/mol. The van der Waals surface area contributed by atoms with Crippen molar-refractivity contribution in [2.75, 3.05) is 42.9 Å². The molecule has 1 fully saturated rings. The number of carbonyl (C=O) groups excluding carboxylic acids is 1. The van der Waals surface area contributed by atoms with Crippen molar-refractivity contribution in [3.8, 4) is 11.5 Å². The number of hydrogen-bond acceptors (Lipinski definition) is 6. The van der Waals surface area contributed by atoms with Crippen molar-refractivity contribution in [1.82, 2.24) is 15.0 Å². The number of nitrogens with zero attached hydrogens (tertiary/aromatic N) is 4. The van der Waals surface area contributed by atoms with E-state index in [0.29, 0.717) is 18.4 Å². The smallest absolute Gasteiger partial charge is 0.266 e. The third kappa shape index (κ3) is 4.32. The van der Waals surface area contributed by atoms with Crippen molar-refractivity contribution in [2.45, 2.75) is 0 Å². The summed E-state index contributed by atoms with van der Waals surface area (Å²) in [5.74, 6) is 1.12. The predicted molar refractivity (Wildman–Crippen MR) is 103 cm³/mol. The summed E-state index contributed by atoms with van der Waals surface area (Å²) in [6.07, 6.45) is 0. The van der Waals surface area contributed by atoms with Crippen LogP contribution in [0, 0.1) is 0 Å². The molecule has 1 N–H and O–H groups in total. The third-order valence-corrected chi connectivity index (χ3v) is 4.52. The summed E-state index contributed by atoms with van der Waals surface area (Å²) in [6.45, 7) is 3.44. The lowest BCUT2D eigenvalue weighted by atomic mass is 10.2. The second-order valence-electron chi connectivity index (χ2n) is 6.44. The van der Waals surface area contributed by atoms with Gasteiger partial charge in [0, 0.05) is 37.4 Å². The second kappa shape index (κ2) is 8.01. The molecule has 0 saturated carbocycles. The van der Waals surface area contributed by atoms with Gasteiger partial charge in [-0.05, 0) is 29.4 Å². The highest BCUT2D eigenvalue weighted by molar-refractivity contribution is 5.92. The van der Waals surface area contributed by atoms with Crippen LogP contribution in [0.4, 0.5) is 11.6 Å². The van der Waals surface area contributed by atoms with Gasteiger partial charge in [-0.25, -0.2) is 0 Å². The fourth-order valence-electron chi connectivity index (χ4n) is 3.07. The van der Waals surface area contributed by atoms with Crippen LogP contribution in [0.1, 0.15) is 0 Å². The maximum atomic E-state index is 12.2. The predicted octanol–water partition coefficient (Wildman–Crippen LogP) is 2.50. The maximum Gasteiger partial charge on any atom is 0.266 e. The Labute approximate surface area is 157 Å². The van der Waals surface area contributed by atoms with Gasteiger partial charge in [-0.2, -0.15) is 4.98 Å². The quantitative estimate of drug-likeness (QED) is 0.751. The molecule has 2 aromatic carbocycles. The van der Waals surface area contributed by atoms with Gasteiger partial charge in [0.25, 0.3) is 11.8 Å². The van der Waals surface area contributed by atoms with E-state index < -0.39 is 0 Å². The highest BCUT2D eigenvalue weighted by Crippen LogP contribution is 2.20. The molecule has 0 spiro atoms. The molecule has 7 nitrogen and oxygen atoms in total. The first-order valence-corrected chi connectivity index (χ1v) is 8.99. The second-order valence-corrected chi connectivity index (χ2v) is 6.44. The molecule has 0 aliphatic carbocycles. The molecule has 0 atom stereocenters. The van der Waals surface area contributed by atoms with E-state index in [0.717, 1.165) is 37.4 Å². The zero-order chi connectivity index (χ0) is 18.5. The minimum absolute atomic E-state index is 0.000532. The average Bonchev–Trinajstić information content (AvgIpc) is 3.20. The van der Waals surface area contributed by atoms with Crippen molar-refractivity contribution in [3.05, 3.63) is 60.7 Å². The highest BCUT2D eigenvalue weighted by atomic mass is 16.5. The van der Waals surface area contributed by atoms with Crippen LogP contribution in [0.5, 0.6) is 0 Å². The van der Waals surface area contributed by atoms with Crippen molar-refractivity contribution in [3.63, 3.8) is 0 Å². The number of anilines is 2. The van der Waals surface area contributed by atoms with Crippen LogP contribution in [0.25, 0.3) is 11.5 Å². The molecule has 0 unspecified atom stereocenters. The summed E-state index contributed by atoms with van der Waals surface area (Å²) in [5.41, 5.74) is 1.73. The van der Waals surface area contributed by atoms with Crippen molar-refractivity contribution in [1.29, 1.82) is 0 Å². The van der Waals surface area contributed by atoms with Gasteiger partial charge in [0.2, 0.25) is 5.91 Å². The minimum atomic E-state index is 0.000532. The van der Waals surface area contributed by atoms with E-state index in [9.17, 15) is 4.79 Å². The summed E-state index contributed by atoms with van der Waals surface area (Å²) in [5, 5.41) is 7.02. The number of nitrogens with one attached hydrogen (secondary N) is 1. The Morgan fingerprint density at radius 1 is 0.963 bits per heavy atom. The lowest BCUT2D eigenvalue weighted by molar-refractivity contribution is -0.117. The van der Waals surface area contributed by atoms with E-state index >= 15 is 0 Å². The number of rotatable bonds is 5. The van der Waals surface area contributed by atoms with Gasteiger partial charge in [0.1, 0.15) is 0 Å². The third-order valence-electron chi connectivity index (χ3n) is 4.52. The van der Waals surface area contributed by atoms with Gasteiger partial charge < -0.3 is 14.7 Å². The molecule has 2 heterocycles. The van der Waals surface area contributed by atoms with Crippen molar-refractivity contribution < 1.29 is 9.32 Å². The summed E-state index contributed by atoms with van der Waals surface area (Å²) < 4.78 is 5.38. The Balaban J connectivity index is 1.29. The Kier molecular flexibility index (Phi) is 5.11. The zero-order valence-corrected chi connectivity index (χ0v) is 14.9. The summed E-state index contributed by atoms with van der Waals surface area (Å²) in [7, 11) is 0. The van der Waals surface area contributed by atoms with Crippen molar-refractivity contribution in [2.24, 2.45) is 0 Å². The van der Waals surface area contributed by atoms with E-state index in [-0.39, 0.29) is 5.91 Å².